The molecule has 0 unspecified atom stereocenters. The van der Waals surface area contributed by atoms with E-state index in [1.54, 1.807) is 28.4 Å². The van der Waals surface area contributed by atoms with Crippen LogP contribution in [0.4, 0.5) is 5.82 Å². The Balaban J connectivity index is 1.73. The maximum Gasteiger partial charge on any atom is 0.267 e. The molecule has 0 aromatic carbocycles. The van der Waals surface area contributed by atoms with E-state index in [1.807, 2.05) is 25.3 Å². The van der Waals surface area contributed by atoms with E-state index in [0.29, 0.717) is 6.54 Å². The Labute approximate surface area is 137 Å². The fourth-order valence-electron chi connectivity index (χ4n) is 2.97. The molecule has 0 amide bonds. The topological polar surface area (TPSA) is 63.9 Å². The molecule has 0 spiro atoms. The standard InChI is InChI=1S/C16H17N5OS/c1-10(2)21-14(22)7-11-8-20(5-3-12(11)19-21)16-15-13(4-6-23-15)17-9-18-16/h4,6-7,9-10H,3,5,8H2,1-2H3. The largest absolute Gasteiger partial charge is 0.351 e. The number of nitrogens with zero attached hydrogens (tertiary/aromatic N) is 5. The van der Waals surface area contributed by atoms with Crippen molar-refractivity contribution in [3.8, 4) is 0 Å². The van der Waals surface area contributed by atoms with Crippen LogP contribution in [0.5, 0.6) is 0 Å². The van der Waals surface area contributed by atoms with Gasteiger partial charge in [-0.15, -0.1) is 11.3 Å². The Morgan fingerprint density at radius 1 is 1.30 bits per heavy atom. The van der Waals surface area contributed by atoms with Crippen molar-refractivity contribution in [2.45, 2.75) is 32.9 Å². The second-order valence-corrected chi connectivity index (χ2v) is 6.91. The van der Waals surface area contributed by atoms with Crippen molar-refractivity contribution in [3.05, 3.63) is 45.5 Å². The van der Waals surface area contributed by atoms with E-state index in [-0.39, 0.29) is 11.6 Å². The quantitative estimate of drug-likeness (QED) is 0.723. The van der Waals surface area contributed by atoms with Gasteiger partial charge in [0, 0.05) is 31.1 Å². The van der Waals surface area contributed by atoms with Crippen molar-refractivity contribution in [1.29, 1.82) is 0 Å². The molecular weight excluding hydrogens is 310 g/mol. The van der Waals surface area contributed by atoms with Crippen LogP contribution < -0.4 is 10.5 Å². The van der Waals surface area contributed by atoms with Gasteiger partial charge in [0.2, 0.25) is 0 Å². The number of aromatic nitrogens is 4. The highest BCUT2D eigenvalue weighted by atomic mass is 32.1. The molecule has 0 fully saturated rings. The minimum atomic E-state index is -0.0374. The minimum Gasteiger partial charge on any atom is -0.351 e. The molecule has 6 nitrogen and oxygen atoms in total. The highest BCUT2D eigenvalue weighted by Gasteiger charge is 2.22. The maximum absolute atomic E-state index is 12.2. The Bertz CT molecular complexity index is 930. The molecule has 0 atom stereocenters. The lowest BCUT2D eigenvalue weighted by Crippen LogP contribution is -2.35. The van der Waals surface area contributed by atoms with Gasteiger partial charge in [-0.2, -0.15) is 5.10 Å². The van der Waals surface area contributed by atoms with Gasteiger partial charge in [-0.05, 0) is 25.3 Å². The predicted molar refractivity (Wildman–Crippen MR) is 91.1 cm³/mol. The maximum atomic E-state index is 12.2. The molecule has 0 aliphatic carbocycles. The summed E-state index contributed by atoms with van der Waals surface area (Å²) >= 11 is 1.65. The van der Waals surface area contributed by atoms with Gasteiger partial charge in [-0.25, -0.2) is 14.6 Å². The lowest BCUT2D eigenvalue weighted by molar-refractivity contribution is 0.484. The summed E-state index contributed by atoms with van der Waals surface area (Å²) in [6.45, 7) is 5.47. The Morgan fingerprint density at radius 3 is 3.00 bits per heavy atom. The molecular formula is C16H17N5OS. The molecule has 23 heavy (non-hydrogen) atoms. The molecule has 3 aromatic heterocycles. The molecule has 0 saturated carbocycles. The zero-order valence-electron chi connectivity index (χ0n) is 13.1. The first-order valence-corrected chi connectivity index (χ1v) is 8.56. The van der Waals surface area contributed by atoms with Gasteiger partial charge in [0.25, 0.3) is 5.56 Å². The smallest absolute Gasteiger partial charge is 0.267 e. The van der Waals surface area contributed by atoms with Crippen LogP contribution in [-0.2, 0) is 13.0 Å². The van der Waals surface area contributed by atoms with E-state index in [9.17, 15) is 4.79 Å². The van der Waals surface area contributed by atoms with Crippen molar-refractivity contribution < 1.29 is 0 Å². The molecule has 4 rings (SSSR count). The molecule has 0 bridgehead atoms. The van der Waals surface area contributed by atoms with Gasteiger partial charge >= 0.3 is 0 Å². The van der Waals surface area contributed by atoms with Crippen molar-refractivity contribution in [1.82, 2.24) is 19.7 Å². The van der Waals surface area contributed by atoms with E-state index < -0.39 is 0 Å². The first-order valence-electron chi connectivity index (χ1n) is 7.68. The van der Waals surface area contributed by atoms with Crippen LogP contribution in [0.2, 0.25) is 0 Å². The van der Waals surface area contributed by atoms with Crippen LogP contribution in [-0.4, -0.2) is 26.3 Å². The molecule has 7 heteroatoms. The minimum absolute atomic E-state index is 0.0374. The number of rotatable bonds is 2. The fourth-order valence-corrected chi connectivity index (χ4v) is 3.83. The monoisotopic (exact) mass is 327 g/mol. The first kappa shape index (κ1) is 14.3. The third kappa shape index (κ3) is 2.41. The SMILES string of the molecule is CC(C)n1nc2c(cc1=O)CN(c1ncnc3ccsc13)CC2. The molecule has 3 aromatic rings. The summed E-state index contributed by atoms with van der Waals surface area (Å²) in [4.78, 5) is 23.2. The number of anilines is 1. The molecule has 1 aliphatic heterocycles. The summed E-state index contributed by atoms with van der Waals surface area (Å²) in [5.74, 6) is 0.948. The summed E-state index contributed by atoms with van der Waals surface area (Å²) in [6.07, 6.45) is 2.42. The van der Waals surface area contributed by atoms with E-state index in [0.717, 1.165) is 40.3 Å². The van der Waals surface area contributed by atoms with Crippen molar-refractivity contribution >= 4 is 27.4 Å². The summed E-state index contributed by atoms with van der Waals surface area (Å²) in [7, 11) is 0. The second-order valence-electron chi connectivity index (χ2n) is 6.00. The van der Waals surface area contributed by atoms with E-state index in [1.165, 1.54) is 0 Å². The van der Waals surface area contributed by atoms with Gasteiger partial charge in [0.15, 0.2) is 0 Å². The zero-order chi connectivity index (χ0) is 16.0. The normalized spacial score (nSPS) is 14.5. The molecule has 4 heterocycles. The summed E-state index contributed by atoms with van der Waals surface area (Å²) in [5, 5.41) is 6.57. The fraction of sp³-hybridized carbons (Fsp3) is 0.375. The molecule has 0 N–H and O–H groups in total. The second kappa shape index (κ2) is 5.42. The lowest BCUT2D eigenvalue weighted by Gasteiger charge is -2.29. The van der Waals surface area contributed by atoms with Gasteiger partial charge in [0.1, 0.15) is 12.1 Å². The van der Waals surface area contributed by atoms with Crippen LogP contribution in [0.15, 0.2) is 28.6 Å². The predicted octanol–water partition coefficient (Wildman–Crippen LogP) is 2.39. The molecule has 118 valence electrons. The summed E-state index contributed by atoms with van der Waals surface area (Å²) < 4.78 is 2.66. The number of hydrogen-bond acceptors (Lipinski definition) is 6. The summed E-state index contributed by atoms with van der Waals surface area (Å²) in [6, 6.07) is 3.81. The van der Waals surface area contributed by atoms with Crippen LogP contribution in [0.1, 0.15) is 31.1 Å². The van der Waals surface area contributed by atoms with Gasteiger partial charge in [0.05, 0.1) is 22.0 Å². The van der Waals surface area contributed by atoms with Crippen LogP contribution in [0, 0.1) is 0 Å². The Morgan fingerprint density at radius 2 is 2.17 bits per heavy atom. The third-order valence-corrected chi connectivity index (χ3v) is 5.01. The lowest BCUT2D eigenvalue weighted by atomic mass is 10.1. The summed E-state index contributed by atoms with van der Waals surface area (Å²) in [5.41, 5.74) is 2.95. The zero-order valence-corrected chi connectivity index (χ0v) is 13.9. The third-order valence-electron chi connectivity index (χ3n) is 4.12. The van der Waals surface area contributed by atoms with Crippen molar-refractivity contribution in [2.24, 2.45) is 0 Å². The van der Waals surface area contributed by atoms with Gasteiger partial charge in [-0.1, -0.05) is 0 Å². The molecule has 1 aliphatic rings. The molecule has 0 saturated heterocycles. The average molecular weight is 327 g/mol. The van der Waals surface area contributed by atoms with E-state index in [4.69, 9.17) is 0 Å². The Kier molecular flexibility index (Phi) is 3.37. The number of fused-ring (bicyclic) bond motifs is 2. The van der Waals surface area contributed by atoms with Crippen LogP contribution in [0.25, 0.3) is 10.2 Å². The Hall–Kier alpha value is -2.28. The van der Waals surface area contributed by atoms with Crippen molar-refractivity contribution in [2.75, 3.05) is 11.4 Å². The number of hydrogen-bond donors (Lipinski definition) is 0. The van der Waals surface area contributed by atoms with E-state index >= 15 is 0 Å². The van der Waals surface area contributed by atoms with Crippen molar-refractivity contribution in [3.63, 3.8) is 0 Å². The van der Waals surface area contributed by atoms with Gasteiger partial charge in [-0.3, -0.25) is 4.79 Å². The average Bonchev–Trinajstić information content (AvgIpc) is 3.02. The first-order chi connectivity index (χ1) is 11.1. The van der Waals surface area contributed by atoms with Crippen LogP contribution in [0.3, 0.4) is 0 Å². The highest BCUT2D eigenvalue weighted by molar-refractivity contribution is 7.17. The highest BCUT2D eigenvalue weighted by Crippen LogP contribution is 2.30. The van der Waals surface area contributed by atoms with Gasteiger partial charge < -0.3 is 4.90 Å². The number of thiophene rings is 1. The molecule has 0 radical (unpaired) electrons. The van der Waals surface area contributed by atoms with E-state index in [2.05, 4.69) is 20.0 Å². The van der Waals surface area contributed by atoms with Crippen LogP contribution >= 0.6 is 11.3 Å².